The van der Waals surface area contributed by atoms with Gasteiger partial charge in [0, 0.05) is 0 Å². The van der Waals surface area contributed by atoms with Crippen LogP contribution in [0.3, 0.4) is 0 Å². The summed E-state index contributed by atoms with van der Waals surface area (Å²) in [5.74, 6) is 7.80. The van der Waals surface area contributed by atoms with Gasteiger partial charge in [-0.05, 0) is 53.3 Å². The van der Waals surface area contributed by atoms with E-state index < -0.39 is 0 Å². The van der Waals surface area contributed by atoms with E-state index >= 15 is 0 Å². The molecule has 6 unspecified atom stereocenters. The average Bonchev–Trinajstić information content (AvgIpc) is 2.32. The highest BCUT2D eigenvalue weighted by molar-refractivity contribution is 4.92. The molecule has 1 saturated carbocycles. The second-order valence-corrected chi connectivity index (χ2v) is 7.84. The molecule has 1 aliphatic rings. The summed E-state index contributed by atoms with van der Waals surface area (Å²) in [6.07, 6.45) is 0. The van der Waals surface area contributed by atoms with Gasteiger partial charge in [-0.3, -0.25) is 0 Å². The molecule has 0 aromatic carbocycles. The molecule has 1 rings (SSSR count). The molecule has 0 aromatic heterocycles. The summed E-state index contributed by atoms with van der Waals surface area (Å²) in [5.41, 5.74) is 0. The van der Waals surface area contributed by atoms with Crippen LogP contribution < -0.4 is 0 Å². The lowest BCUT2D eigenvalue weighted by molar-refractivity contribution is -0.0253. The van der Waals surface area contributed by atoms with Crippen LogP contribution in [0.5, 0.6) is 0 Å². The third-order valence-corrected chi connectivity index (χ3v) is 7.02. The van der Waals surface area contributed by atoms with Crippen molar-refractivity contribution >= 4 is 0 Å². The molecule has 6 atom stereocenters. The molecule has 108 valence electrons. The first-order valence-electron chi connectivity index (χ1n) is 8.20. The van der Waals surface area contributed by atoms with Crippen molar-refractivity contribution in [2.75, 3.05) is 0 Å². The SMILES string of the molecule is CC(C)C(C)C(C)C1C(C)C(C)C(C)C(C)C1C. The molecule has 0 heteroatoms. The lowest BCUT2D eigenvalue weighted by Crippen LogP contribution is -2.45. The topological polar surface area (TPSA) is 0 Å². The van der Waals surface area contributed by atoms with Crippen molar-refractivity contribution in [3.05, 3.63) is 0 Å². The van der Waals surface area contributed by atoms with E-state index in [1.165, 1.54) is 0 Å². The van der Waals surface area contributed by atoms with Gasteiger partial charge in [0.25, 0.3) is 0 Å². The summed E-state index contributed by atoms with van der Waals surface area (Å²) in [6.45, 7) is 22.2. The Hall–Kier alpha value is 0. The highest BCUT2D eigenvalue weighted by Gasteiger charge is 2.44. The molecule has 0 aromatic rings. The minimum atomic E-state index is 0.810. The number of hydrogen-bond acceptors (Lipinski definition) is 0. The predicted molar refractivity (Wildman–Crippen MR) is 82.5 cm³/mol. The molecule has 0 bridgehead atoms. The minimum absolute atomic E-state index is 0.810. The van der Waals surface area contributed by atoms with Gasteiger partial charge in [-0.25, -0.2) is 0 Å². The number of hydrogen-bond donors (Lipinski definition) is 0. The molecule has 0 saturated heterocycles. The maximum atomic E-state index is 2.51. The Balaban J connectivity index is 2.92. The molecule has 0 N–H and O–H groups in total. The van der Waals surface area contributed by atoms with E-state index in [0.29, 0.717) is 0 Å². The van der Waals surface area contributed by atoms with Crippen molar-refractivity contribution in [3.63, 3.8) is 0 Å². The van der Waals surface area contributed by atoms with Gasteiger partial charge in [-0.1, -0.05) is 62.3 Å². The van der Waals surface area contributed by atoms with E-state index in [9.17, 15) is 0 Å². The van der Waals surface area contributed by atoms with Gasteiger partial charge >= 0.3 is 0 Å². The van der Waals surface area contributed by atoms with E-state index in [1.807, 2.05) is 0 Å². The summed E-state index contributed by atoms with van der Waals surface area (Å²) >= 11 is 0. The monoisotopic (exact) mass is 252 g/mol. The molecule has 0 spiro atoms. The smallest absolute Gasteiger partial charge is 0.0329 e. The first-order chi connectivity index (χ1) is 8.20. The van der Waals surface area contributed by atoms with Crippen LogP contribution in [0.15, 0.2) is 0 Å². The van der Waals surface area contributed by atoms with Crippen LogP contribution in [0.1, 0.15) is 62.3 Å². The van der Waals surface area contributed by atoms with Gasteiger partial charge in [0.1, 0.15) is 0 Å². The van der Waals surface area contributed by atoms with Gasteiger partial charge in [0.15, 0.2) is 0 Å². The minimum Gasteiger partial charge on any atom is -0.0625 e. The zero-order valence-electron chi connectivity index (χ0n) is 14.2. The Bertz CT molecular complexity index is 239. The Morgan fingerprint density at radius 2 is 0.889 bits per heavy atom. The van der Waals surface area contributed by atoms with Crippen LogP contribution in [0.25, 0.3) is 0 Å². The molecule has 18 heavy (non-hydrogen) atoms. The van der Waals surface area contributed by atoms with Crippen molar-refractivity contribution in [2.45, 2.75) is 62.3 Å². The fourth-order valence-electron chi connectivity index (χ4n) is 4.53. The Morgan fingerprint density at radius 1 is 0.556 bits per heavy atom. The van der Waals surface area contributed by atoms with E-state index in [1.54, 1.807) is 0 Å². The maximum absolute atomic E-state index is 2.51. The van der Waals surface area contributed by atoms with Gasteiger partial charge in [-0.15, -0.1) is 0 Å². The van der Waals surface area contributed by atoms with Crippen molar-refractivity contribution < 1.29 is 0 Å². The summed E-state index contributed by atoms with van der Waals surface area (Å²) < 4.78 is 0. The summed E-state index contributed by atoms with van der Waals surface area (Å²) in [7, 11) is 0. The van der Waals surface area contributed by atoms with Crippen LogP contribution in [0.4, 0.5) is 0 Å². The fraction of sp³-hybridized carbons (Fsp3) is 1.00. The van der Waals surface area contributed by atoms with Gasteiger partial charge < -0.3 is 0 Å². The van der Waals surface area contributed by atoms with E-state index in [2.05, 4.69) is 62.3 Å². The van der Waals surface area contributed by atoms with Crippen molar-refractivity contribution in [3.8, 4) is 0 Å². The van der Waals surface area contributed by atoms with Gasteiger partial charge in [-0.2, -0.15) is 0 Å². The molecular weight excluding hydrogens is 216 g/mol. The highest BCUT2D eigenvalue weighted by Crippen LogP contribution is 2.50. The van der Waals surface area contributed by atoms with Crippen LogP contribution in [0, 0.1) is 53.3 Å². The second kappa shape index (κ2) is 5.97. The third-order valence-electron chi connectivity index (χ3n) is 7.02. The summed E-state index contributed by atoms with van der Waals surface area (Å²) in [6, 6.07) is 0. The predicted octanol–water partition coefficient (Wildman–Crippen LogP) is 5.72. The standard InChI is InChI=1S/C18H36/c1-10(2)11(3)15(7)18-16(8)13(5)12(4)14(6)17(18)9/h10-18H,1-9H3. The molecule has 0 aliphatic heterocycles. The first-order valence-corrected chi connectivity index (χ1v) is 8.20. The normalized spacial score (nSPS) is 45.0. The molecule has 0 heterocycles. The highest BCUT2D eigenvalue weighted by atomic mass is 14.5. The quantitative estimate of drug-likeness (QED) is 0.602. The summed E-state index contributed by atoms with van der Waals surface area (Å²) in [5, 5.41) is 0. The van der Waals surface area contributed by atoms with Crippen molar-refractivity contribution in [1.29, 1.82) is 0 Å². The zero-order valence-corrected chi connectivity index (χ0v) is 14.2. The average molecular weight is 252 g/mol. The molecule has 0 radical (unpaired) electrons. The van der Waals surface area contributed by atoms with Crippen LogP contribution in [-0.2, 0) is 0 Å². The molecule has 1 aliphatic carbocycles. The summed E-state index contributed by atoms with van der Waals surface area (Å²) in [4.78, 5) is 0. The lowest BCUT2D eigenvalue weighted by Gasteiger charge is -2.51. The van der Waals surface area contributed by atoms with Crippen molar-refractivity contribution in [2.24, 2.45) is 53.3 Å². The second-order valence-electron chi connectivity index (χ2n) is 7.84. The third kappa shape index (κ3) is 2.78. The zero-order chi connectivity index (χ0) is 14.2. The molecule has 0 amide bonds. The van der Waals surface area contributed by atoms with E-state index in [4.69, 9.17) is 0 Å². The van der Waals surface area contributed by atoms with Crippen molar-refractivity contribution in [1.82, 2.24) is 0 Å². The van der Waals surface area contributed by atoms with Gasteiger partial charge in [0.2, 0.25) is 0 Å². The van der Waals surface area contributed by atoms with Crippen LogP contribution in [-0.4, -0.2) is 0 Å². The number of rotatable bonds is 3. The Morgan fingerprint density at radius 3 is 1.22 bits per heavy atom. The van der Waals surface area contributed by atoms with E-state index in [-0.39, 0.29) is 0 Å². The molecular formula is C18H36. The Labute approximate surface area is 116 Å². The largest absolute Gasteiger partial charge is 0.0625 e. The molecule has 1 fully saturated rings. The Kier molecular flexibility index (Phi) is 5.32. The van der Waals surface area contributed by atoms with Crippen LogP contribution in [0.2, 0.25) is 0 Å². The van der Waals surface area contributed by atoms with E-state index in [0.717, 1.165) is 53.3 Å². The fourth-order valence-corrected chi connectivity index (χ4v) is 4.53. The first kappa shape index (κ1) is 16.1. The van der Waals surface area contributed by atoms with Crippen LogP contribution >= 0.6 is 0 Å². The molecule has 0 nitrogen and oxygen atoms in total. The maximum Gasteiger partial charge on any atom is -0.0329 e. The van der Waals surface area contributed by atoms with Gasteiger partial charge in [0.05, 0.1) is 0 Å². The lowest BCUT2D eigenvalue weighted by atomic mass is 9.54.